The molecule has 0 fully saturated rings. The SMILES string of the molecule is Cc1cc(C(N)c2cc(Cl)cc(Br)c2)c(Cl)cc1F. The number of aryl methyl sites for hydroxylation is 1. The molecule has 0 bridgehead atoms. The Kier molecular flexibility index (Phi) is 4.51. The van der Waals surface area contributed by atoms with Crippen LogP contribution in [0.3, 0.4) is 0 Å². The van der Waals surface area contributed by atoms with Crippen molar-refractivity contribution < 1.29 is 4.39 Å². The molecule has 5 heteroatoms. The summed E-state index contributed by atoms with van der Waals surface area (Å²) < 4.78 is 14.2. The third-order valence-corrected chi connectivity index (χ3v) is 3.86. The van der Waals surface area contributed by atoms with Gasteiger partial charge in [0.15, 0.2) is 0 Å². The molecule has 1 atom stereocenters. The van der Waals surface area contributed by atoms with Crippen molar-refractivity contribution in [1.82, 2.24) is 0 Å². The van der Waals surface area contributed by atoms with E-state index in [2.05, 4.69) is 15.9 Å². The van der Waals surface area contributed by atoms with Crippen molar-refractivity contribution in [3.05, 3.63) is 67.4 Å². The zero-order valence-electron chi connectivity index (χ0n) is 10.1. The van der Waals surface area contributed by atoms with Gasteiger partial charge in [0, 0.05) is 14.5 Å². The molecule has 0 radical (unpaired) electrons. The third kappa shape index (κ3) is 3.29. The lowest BCUT2D eigenvalue weighted by molar-refractivity contribution is 0.617. The molecular formula is C14H11BrCl2FN. The molecule has 0 aromatic heterocycles. The minimum absolute atomic E-state index is 0.312. The topological polar surface area (TPSA) is 26.0 Å². The molecule has 0 aliphatic carbocycles. The summed E-state index contributed by atoms with van der Waals surface area (Å²) in [6.45, 7) is 1.68. The van der Waals surface area contributed by atoms with E-state index in [1.165, 1.54) is 6.07 Å². The molecule has 0 saturated carbocycles. The minimum Gasteiger partial charge on any atom is -0.320 e. The van der Waals surface area contributed by atoms with Crippen LogP contribution in [0.25, 0.3) is 0 Å². The van der Waals surface area contributed by atoms with Gasteiger partial charge in [0.25, 0.3) is 0 Å². The molecule has 19 heavy (non-hydrogen) atoms. The van der Waals surface area contributed by atoms with E-state index in [1.807, 2.05) is 6.07 Å². The normalized spacial score (nSPS) is 12.5. The monoisotopic (exact) mass is 361 g/mol. The molecule has 2 rings (SSSR count). The lowest BCUT2D eigenvalue weighted by atomic mass is 9.98. The average Bonchev–Trinajstić information content (AvgIpc) is 2.31. The number of hydrogen-bond donors (Lipinski definition) is 1. The van der Waals surface area contributed by atoms with E-state index < -0.39 is 6.04 Å². The summed E-state index contributed by atoms with van der Waals surface area (Å²) in [5.41, 5.74) is 8.19. The maximum atomic E-state index is 13.4. The van der Waals surface area contributed by atoms with Crippen molar-refractivity contribution in [1.29, 1.82) is 0 Å². The molecule has 2 aromatic rings. The molecule has 1 nitrogen and oxygen atoms in total. The molecule has 0 spiro atoms. The zero-order chi connectivity index (χ0) is 14.2. The first-order valence-electron chi connectivity index (χ1n) is 5.55. The fraction of sp³-hybridized carbons (Fsp3) is 0.143. The fourth-order valence-electron chi connectivity index (χ4n) is 1.85. The second-order valence-corrected chi connectivity index (χ2v) is 6.06. The van der Waals surface area contributed by atoms with Crippen LogP contribution in [0.5, 0.6) is 0 Å². The maximum absolute atomic E-state index is 13.4. The van der Waals surface area contributed by atoms with E-state index in [-0.39, 0.29) is 5.82 Å². The molecule has 1 unspecified atom stereocenters. The predicted octanol–water partition coefficient (Wildman–Crippen LogP) is 5.25. The highest BCUT2D eigenvalue weighted by atomic mass is 79.9. The van der Waals surface area contributed by atoms with Crippen LogP contribution in [0, 0.1) is 12.7 Å². The van der Waals surface area contributed by atoms with Crippen LogP contribution in [-0.4, -0.2) is 0 Å². The van der Waals surface area contributed by atoms with Gasteiger partial charge in [-0.2, -0.15) is 0 Å². The van der Waals surface area contributed by atoms with Gasteiger partial charge in [-0.05, 0) is 53.9 Å². The lowest BCUT2D eigenvalue weighted by Crippen LogP contribution is -2.13. The minimum atomic E-state index is -0.457. The Bertz CT molecular complexity index is 611. The summed E-state index contributed by atoms with van der Waals surface area (Å²) in [5.74, 6) is -0.340. The molecule has 0 aliphatic heterocycles. The van der Waals surface area contributed by atoms with E-state index in [0.29, 0.717) is 21.2 Å². The molecule has 0 amide bonds. The molecule has 2 aromatic carbocycles. The number of hydrogen-bond acceptors (Lipinski definition) is 1. The van der Waals surface area contributed by atoms with Crippen LogP contribution in [-0.2, 0) is 0 Å². The summed E-state index contributed by atoms with van der Waals surface area (Å²) in [4.78, 5) is 0. The van der Waals surface area contributed by atoms with E-state index in [0.717, 1.165) is 10.0 Å². The van der Waals surface area contributed by atoms with E-state index in [1.54, 1.807) is 25.1 Å². The largest absolute Gasteiger partial charge is 0.320 e. The Hall–Kier alpha value is -0.610. The second-order valence-electron chi connectivity index (χ2n) is 4.30. The van der Waals surface area contributed by atoms with Crippen LogP contribution in [0.2, 0.25) is 10.0 Å². The number of benzene rings is 2. The second kappa shape index (κ2) is 5.80. The summed E-state index contributed by atoms with van der Waals surface area (Å²) in [7, 11) is 0. The highest BCUT2D eigenvalue weighted by Crippen LogP contribution is 2.31. The molecule has 0 heterocycles. The van der Waals surface area contributed by atoms with Gasteiger partial charge in [-0.15, -0.1) is 0 Å². The van der Waals surface area contributed by atoms with Crippen molar-refractivity contribution in [2.75, 3.05) is 0 Å². The van der Waals surface area contributed by atoms with Crippen molar-refractivity contribution in [3.8, 4) is 0 Å². The molecular weight excluding hydrogens is 352 g/mol. The van der Waals surface area contributed by atoms with Gasteiger partial charge in [0.1, 0.15) is 5.82 Å². The van der Waals surface area contributed by atoms with Crippen LogP contribution >= 0.6 is 39.1 Å². The van der Waals surface area contributed by atoms with Gasteiger partial charge in [-0.25, -0.2) is 4.39 Å². The summed E-state index contributed by atoms with van der Waals surface area (Å²) in [6, 6.07) is 7.90. The first-order chi connectivity index (χ1) is 8.88. The Morgan fingerprint density at radius 1 is 1.16 bits per heavy atom. The molecule has 2 N–H and O–H groups in total. The van der Waals surface area contributed by atoms with Crippen LogP contribution in [0.15, 0.2) is 34.8 Å². The van der Waals surface area contributed by atoms with Crippen LogP contribution in [0.1, 0.15) is 22.7 Å². The highest BCUT2D eigenvalue weighted by molar-refractivity contribution is 9.10. The summed E-state index contributed by atoms with van der Waals surface area (Å²) >= 11 is 15.4. The van der Waals surface area contributed by atoms with Gasteiger partial charge < -0.3 is 5.73 Å². The van der Waals surface area contributed by atoms with Crippen molar-refractivity contribution in [3.63, 3.8) is 0 Å². The van der Waals surface area contributed by atoms with Gasteiger partial charge in [0.2, 0.25) is 0 Å². The quantitative estimate of drug-likeness (QED) is 0.775. The molecule has 100 valence electrons. The maximum Gasteiger partial charge on any atom is 0.127 e. The van der Waals surface area contributed by atoms with Crippen molar-refractivity contribution in [2.45, 2.75) is 13.0 Å². The zero-order valence-corrected chi connectivity index (χ0v) is 13.2. The summed E-state index contributed by atoms with van der Waals surface area (Å²) in [5, 5.41) is 0.890. The van der Waals surface area contributed by atoms with Crippen molar-refractivity contribution >= 4 is 39.1 Å². The Labute approximate surface area is 129 Å². The number of nitrogens with two attached hydrogens (primary N) is 1. The van der Waals surface area contributed by atoms with Gasteiger partial charge >= 0.3 is 0 Å². The Balaban J connectivity index is 2.49. The highest BCUT2D eigenvalue weighted by Gasteiger charge is 2.15. The van der Waals surface area contributed by atoms with Gasteiger partial charge in [0.05, 0.1) is 6.04 Å². The van der Waals surface area contributed by atoms with E-state index in [9.17, 15) is 4.39 Å². The lowest BCUT2D eigenvalue weighted by Gasteiger charge is -2.16. The molecule has 0 aliphatic rings. The predicted molar refractivity (Wildman–Crippen MR) is 81.3 cm³/mol. The van der Waals surface area contributed by atoms with E-state index >= 15 is 0 Å². The van der Waals surface area contributed by atoms with Gasteiger partial charge in [-0.3, -0.25) is 0 Å². The van der Waals surface area contributed by atoms with Gasteiger partial charge in [-0.1, -0.05) is 39.1 Å². The first kappa shape index (κ1) is 14.8. The summed E-state index contributed by atoms with van der Waals surface area (Å²) in [6.07, 6.45) is 0. The average molecular weight is 363 g/mol. The number of halogens is 4. The fourth-order valence-corrected chi connectivity index (χ4v) is 3.01. The Morgan fingerprint density at radius 3 is 2.47 bits per heavy atom. The van der Waals surface area contributed by atoms with E-state index in [4.69, 9.17) is 28.9 Å². The smallest absolute Gasteiger partial charge is 0.127 e. The third-order valence-electron chi connectivity index (χ3n) is 2.86. The van der Waals surface area contributed by atoms with Crippen LogP contribution in [0.4, 0.5) is 4.39 Å². The van der Waals surface area contributed by atoms with Crippen LogP contribution < -0.4 is 5.73 Å². The molecule has 0 saturated heterocycles. The number of rotatable bonds is 2. The first-order valence-corrected chi connectivity index (χ1v) is 7.10. The standard InChI is InChI=1S/C14H11BrCl2FN/c1-7-2-11(12(17)6-13(7)18)14(19)8-3-9(15)5-10(16)4-8/h2-6,14H,19H2,1H3. The Morgan fingerprint density at radius 2 is 1.84 bits per heavy atom. The van der Waals surface area contributed by atoms with Crippen molar-refractivity contribution in [2.24, 2.45) is 5.73 Å².